The molecule has 1 aromatic heterocycles. The summed E-state index contributed by atoms with van der Waals surface area (Å²) < 4.78 is 16.0. The first-order chi connectivity index (χ1) is 11.2. The maximum absolute atomic E-state index is 9.37. The third-order valence-electron chi connectivity index (χ3n) is 3.02. The largest absolute Gasteiger partial charge is 0.493 e. The highest BCUT2D eigenvalue weighted by molar-refractivity contribution is 7.99. The van der Waals surface area contributed by atoms with Gasteiger partial charge in [0.2, 0.25) is 5.75 Å². The van der Waals surface area contributed by atoms with Crippen LogP contribution in [0, 0.1) is 0 Å². The summed E-state index contributed by atoms with van der Waals surface area (Å²) in [6.07, 6.45) is 3.31. The topological polar surface area (TPSA) is 86.1 Å². The van der Waals surface area contributed by atoms with Crippen LogP contribution in [0.25, 0.3) is 0 Å². The highest BCUT2D eigenvalue weighted by Crippen LogP contribution is 2.40. The summed E-state index contributed by atoms with van der Waals surface area (Å²) in [6, 6.07) is 5.22. The van der Waals surface area contributed by atoms with Crippen molar-refractivity contribution in [1.82, 2.24) is 9.97 Å². The van der Waals surface area contributed by atoms with E-state index in [9.17, 15) is 5.21 Å². The monoisotopic (exact) mass is 335 g/mol. The smallest absolute Gasteiger partial charge is 0.203 e. The molecule has 0 radical (unpaired) electrons. The third-order valence-corrected chi connectivity index (χ3v) is 3.90. The van der Waals surface area contributed by atoms with E-state index in [1.54, 1.807) is 37.7 Å². The van der Waals surface area contributed by atoms with E-state index < -0.39 is 0 Å². The molecule has 23 heavy (non-hydrogen) atoms. The first-order valence-corrected chi connectivity index (χ1v) is 7.63. The van der Waals surface area contributed by atoms with Gasteiger partial charge in [0.25, 0.3) is 0 Å². The average molecular weight is 335 g/mol. The standard InChI is InChI=1S/C15H17N3O4S/c1-20-12-6-5-10(13(21-2)14(12)22-3)11(18-19)9-23-15-16-7-4-8-17-15/h4-8,19H,9H2,1-3H3/b18-11+. The summed E-state index contributed by atoms with van der Waals surface area (Å²) >= 11 is 1.35. The first kappa shape index (κ1) is 16.9. The van der Waals surface area contributed by atoms with E-state index in [0.29, 0.717) is 39.4 Å². The predicted molar refractivity (Wildman–Crippen MR) is 87.2 cm³/mol. The molecule has 0 bridgehead atoms. The number of hydrogen-bond acceptors (Lipinski definition) is 8. The number of aromatic nitrogens is 2. The number of hydrogen-bond donors (Lipinski definition) is 1. The van der Waals surface area contributed by atoms with E-state index in [2.05, 4.69) is 15.1 Å². The Kier molecular flexibility index (Phi) is 6.04. The molecule has 0 amide bonds. The van der Waals surface area contributed by atoms with E-state index in [1.807, 2.05) is 0 Å². The molecule has 0 fully saturated rings. The Morgan fingerprint density at radius 2 is 1.78 bits per heavy atom. The van der Waals surface area contributed by atoms with Crippen LogP contribution in [0.3, 0.4) is 0 Å². The van der Waals surface area contributed by atoms with Crippen LogP contribution in [0.4, 0.5) is 0 Å². The molecule has 0 spiro atoms. The number of ether oxygens (including phenoxy) is 3. The van der Waals surface area contributed by atoms with E-state index >= 15 is 0 Å². The van der Waals surface area contributed by atoms with Crippen molar-refractivity contribution in [2.45, 2.75) is 5.16 Å². The molecule has 122 valence electrons. The number of rotatable bonds is 7. The molecule has 0 aliphatic heterocycles. The van der Waals surface area contributed by atoms with E-state index in [4.69, 9.17) is 14.2 Å². The fourth-order valence-corrected chi connectivity index (χ4v) is 2.73. The van der Waals surface area contributed by atoms with Gasteiger partial charge >= 0.3 is 0 Å². The molecule has 7 nitrogen and oxygen atoms in total. The zero-order valence-corrected chi connectivity index (χ0v) is 13.8. The SMILES string of the molecule is COc1ccc(/C(CSc2ncccn2)=N/O)c(OC)c1OC. The molecule has 0 saturated carbocycles. The van der Waals surface area contributed by atoms with Crippen molar-refractivity contribution in [3.63, 3.8) is 0 Å². The summed E-state index contributed by atoms with van der Waals surface area (Å²) in [4.78, 5) is 8.24. The summed E-state index contributed by atoms with van der Waals surface area (Å²) in [5, 5.41) is 13.3. The molecule has 0 atom stereocenters. The van der Waals surface area contributed by atoms with Gasteiger partial charge in [-0.2, -0.15) is 0 Å². The van der Waals surface area contributed by atoms with Crippen molar-refractivity contribution in [1.29, 1.82) is 0 Å². The lowest BCUT2D eigenvalue weighted by Gasteiger charge is -2.16. The molecule has 2 rings (SSSR count). The van der Waals surface area contributed by atoms with Gasteiger partial charge in [0.1, 0.15) is 5.71 Å². The Balaban J connectivity index is 2.31. The molecular formula is C15H17N3O4S. The van der Waals surface area contributed by atoms with Crippen molar-refractivity contribution in [2.75, 3.05) is 27.1 Å². The minimum absolute atomic E-state index is 0.367. The number of oxime groups is 1. The molecule has 0 unspecified atom stereocenters. The zero-order valence-electron chi connectivity index (χ0n) is 13.0. The molecule has 0 saturated heterocycles. The van der Waals surface area contributed by atoms with Crippen LogP contribution in [0.5, 0.6) is 17.2 Å². The predicted octanol–water partition coefficient (Wildman–Crippen LogP) is 2.47. The van der Waals surface area contributed by atoms with Gasteiger partial charge in [-0.05, 0) is 18.2 Å². The quantitative estimate of drug-likeness (QED) is 0.273. The van der Waals surface area contributed by atoms with Crippen molar-refractivity contribution >= 4 is 17.5 Å². The molecule has 1 aromatic carbocycles. The minimum Gasteiger partial charge on any atom is -0.493 e. The first-order valence-electron chi connectivity index (χ1n) is 6.65. The Morgan fingerprint density at radius 3 is 2.35 bits per heavy atom. The van der Waals surface area contributed by atoms with Gasteiger partial charge in [0, 0.05) is 23.7 Å². The molecule has 8 heteroatoms. The molecule has 0 aliphatic rings. The average Bonchev–Trinajstić information content (AvgIpc) is 2.62. The van der Waals surface area contributed by atoms with Crippen LogP contribution in [0.1, 0.15) is 5.56 Å². The Bertz CT molecular complexity index is 680. The van der Waals surface area contributed by atoms with E-state index in [-0.39, 0.29) is 0 Å². The Labute approximate surface area is 138 Å². The molecule has 1 heterocycles. The van der Waals surface area contributed by atoms with Crippen LogP contribution in [0.15, 0.2) is 40.9 Å². The van der Waals surface area contributed by atoms with Crippen LogP contribution in [-0.2, 0) is 0 Å². The lowest BCUT2D eigenvalue weighted by Crippen LogP contribution is -2.09. The molecule has 1 N–H and O–H groups in total. The summed E-state index contributed by atoms with van der Waals surface area (Å²) in [5.74, 6) is 1.78. The highest BCUT2D eigenvalue weighted by atomic mass is 32.2. The van der Waals surface area contributed by atoms with E-state index in [0.717, 1.165) is 0 Å². The normalized spacial score (nSPS) is 11.2. The summed E-state index contributed by atoms with van der Waals surface area (Å²) in [7, 11) is 4.58. The summed E-state index contributed by atoms with van der Waals surface area (Å²) in [6.45, 7) is 0. The number of methoxy groups -OCH3 is 3. The van der Waals surface area contributed by atoms with Gasteiger partial charge in [-0.15, -0.1) is 0 Å². The van der Waals surface area contributed by atoms with E-state index in [1.165, 1.54) is 26.0 Å². The van der Waals surface area contributed by atoms with Crippen molar-refractivity contribution < 1.29 is 19.4 Å². The Morgan fingerprint density at radius 1 is 1.09 bits per heavy atom. The summed E-state index contributed by atoms with van der Waals surface area (Å²) in [5.41, 5.74) is 1.02. The number of nitrogens with zero attached hydrogens (tertiary/aromatic N) is 3. The maximum Gasteiger partial charge on any atom is 0.203 e. The fourth-order valence-electron chi connectivity index (χ4n) is 1.98. The zero-order chi connectivity index (χ0) is 16.7. The van der Waals surface area contributed by atoms with Gasteiger partial charge in [-0.25, -0.2) is 9.97 Å². The second-order valence-corrected chi connectivity index (χ2v) is 5.19. The maximum atomic E-state index is 9.37. The Hall–Kier alpha value is -2.48. The third kappa shape index (κ3) is 3.84. The van der Waals surface area contributed by atoms with Crippen molar-refractivity contribution in [3.05, 3.63) is 36.2 Å². The van der Waals surface area contributed by atoms with Crippen LogP contribution in [0.2, 0.25) is 0 Å². The second-order valence-electron chi connectivity index (χ2n) is 4.25. The van der Waals surface area contributed by atoms with Gasteiger partial charge in [-0.3, -0.25) is 0 Å². The minimum atomic E-state index is 0.367. The highest BCUT2D eigenvalue weighted by Gasteiger charge is 2.20. The molecule has 0 aliphatic carbocycles. The van der Waals surface area contributed by atoms with Crippen LogP contribution < -0.4 is 14.2 Å². The molecular weight excluding hydrogens is 318 g/mol. The van der Waals surface area contributed by atoms with Gasteiger partial charge in [-0.1, -0.05) is 16.9 Å². The lowest BCUT2D eigenvalue weighted by atomic mass is 10.1. The van der Waals surface area contributed by atoms with Crippen LogP contribution in [-0.4, -0.2) is 48.0 Å². The van der Waals surface area contributed by atoms with Crippen LogP contribution >= 0.6 is 11.8 Å². The van der Waals surface area contributed by atoms with Crippen molar-refractivity contribution in [3.8, 4) is 17.2 Å². The fraction of sp³-hybridized carbons (Fsp3) is 0.267. The lowest BCUT2D eigenvalue weighted by molar-refractivity contribution is 0.316. The second kappa shape index (κ2) is 8.23. The number of thioether (sulfide) groups is 1. The number of benzene rings is 1. The van der Waals surface area contributed by atoms with Gasteiger partial charge < -0.3 is 19.4 Å². The molecule has 2 aromatic rings. The van der Waals surface area contributed by atoms with Crippen molar-refractivity contribution in [2.24, 2.45) is 5.16 Å². The van der Waals surface area contributed by atoms with Gasteiger partial charge in [0.05, 0.1) is 21.3 Å². The van der Waals surface area contributed by atoms with Gasteiger partial charge in [0.15, 0.2) is 16.7 Å².